The molecule has 2 aliphatic heterocycles. The molecule has 9 atom stereocenters. The first kappa shape index (κ1) is 53.5. The Bertz CT molecular complexity index is 2270. The number of ether oxygens (including phenoxy) is 2. The molecule has 2 heterocycles. The topological polar surface area (TPSA) is 234 Å². The number of likely N-dealkylation sites (tertiary alicyclic amines) is 2. The molecular formula is C52H74N8O10. The summed E-state index contributed by atoms with van der Waals surface area (Å²) in [5.74, 6) is -3.17. The second-order valence-corrected chi connectivity index (χ2v) is 21.3. The normalized spacial score (nSPS) is 23.0. The van der Waals surface area contributed by atoms with Crippen molar-refractivity contribution in [1.82, 2.24) is 41.7 Å². The molecule has 2 aromatic rings. The number of esters is 2. The van der Waals surface area contributed by atoms with Crippen LogP contribution in [0.15, 0.2) is 48.5 Å². The van der Waals surface area contributed by atoms with E-state index in [2.05, 4.69) is 31.9 Å². The first-order valence-electron chi connectivity index (χ1n) is 24.8. The summed E-state index contributed by atoms with van der Waals surface area (Å²) in [5.41, 5.74) is 2.18. The number of hydrogen-bond acceptors (Lipinski definition) is 12. The van der Waals surface area contributed by atoms with E-state index in [4.69, 9.17) is 9.47 Å². The number of nitrogens with zero attached hydrogens (tertiary/aromatic N) is 2. The predicted molar refractivity (Wildman–Crippen MR) is 260 cm³/mol. The molecule has 18 heteroatoms. The van der Waals surface area contributed by atoms with Gasteiger partial charge in [0.05, 0.1) is 24.7 Å². The third-order valence-electron chi connectivity index (χ3n) is 13.9. The number of likely N-dealkylation sites (N-methyl/N-ethyl adjacent to an activating group) is 2. The lowest BCUT2D eigenvalue weighted by atomic mass is 9.85. The zero-order valence-electron chi connectivity index (χ0n) is 42.3. The fourth-order valence-corrected chi connectivity index (χ4v) is 10.0. The fourth-order valence-electron chi connectivity index (χ4n) is 10.0. The molecule has 0 unspecified atom stereocenters. The van der Waals surface area contributed by atoms with Crippen LogP contribution in [0.3, 0.4) is 0 Å². The number of rotatable bonds is 18. The standard InChI is InChI=1S/C52H74N8O10/c1-30(54-9)46(64)58-45(52(5,6)7)50(68)60-26-16-22-36(60)48(66)57-43-34-20-13-11-18-32(34)28-38(43)70-41(63)24-14-23-40(62)69-37-27-31-17-10-12-19-33(31)42(37)56-47(65)35-21-15-25-59(35)49(67)44(51(2,3)4)55-39(61)29-53-8/h10-13,17-20,30,35-38,42-45,53-54H,14-16,21-29H2,1-9H3,(H,55,61)(H,56,65)(H,57,66)(H,58,64)/t30-,35-,36-,37-,38-,42-,43-,44+,45+/m0/s1. The molecule has 2 fully saturated rings. The van der Waals surface area contributed by atoms with E-state index in [9.17, 15) is 38.4 Å². The SMILES string of the molecule is CNCC(=O)N[C@H](C(=O)N1CCC[C@H]1C(=O)N[C@H]1c2ccccc2C[C@@H]1OC(=O)CCCC(=O)O[C@H]1Cc2ccccc2[C@@H]1NC(=O)[C@@H]1CCCN1C(=O)[C@@H](NC(=O)[C@H](C)NC)C(C)(C)C)C(C)(C)C. The van der Waals surface area contributed by atoms with E-state index in [1.165, 1.54) is 4.90 Å². The zero-order chi connectivity index (χ0) is 51.1. The molecule has 2 aromatic carbocycles. The smallest absolute Gasteiger partial charge is 0.306 e. The molecular weight excluding hydrogens is 897 g/mol. The summed E-state index contributed by atoms with van der Waals surface area (Å²) in [4.78, 5) is 112. The van der Waals surface area contributed by atoms with Crippen molar-refractivity contribution in [2.75, 3.05) is 33.7 Å². The highest BCUT2D eigenvalue weighted by atomic mass is 16.5. The number of carbonyl (C=O) groups is 8. The van der Waals surface area contributed by atoms with Crippen LogP contribution in [0.2, 0.25) is 0 Å². The lowest BCUT2D eigenvalue weighted by molar-refractivity contribution is -0.153. The second kappa shape index (κ2) is 22.9. The van der Waals surface area contributed by atoms with E-state index in [1.807, 2.05) is 90.1 Å². The van der Waals surface area contributed by atoms with Crippen LogP contribution < -0.4 is 31.9 Å². The molecule has 382 valence electrons. The third kappa shape index (κ3) is 12.7. The number of amides is 6. The molecule has 6 rings (SSSR count). The molecule has 0 aromatic heterocycles. The van der Waals surface area contributed by atoms with Crippen molar-refractivity contribution in [2.24, 2.45) is 10.8 Å². The van der Waals surface area contributed by atoms with Crippen LogP contribution >= 0.6 is 0 Å². The van der Waals surface area contributed by atoms with Crippen LogP contribution in [-0.4, -0.2) is 133 Å². The van der Waals surface area contributed by atoms with Crippen LogP contribution in [0.25, 0.3) is 0 Å². The van der Waals surface area contributed by atoms with Crippen LogP contribution in [0.5, 0.6) is 0 Å². The van der Waals surface area contributed by atoms with Gasteiger partial charge in [0.25, 0.3) is 0 Å². The minimum Gasteiger partial charge on any atom is -0.459 e. The molecule has 0 bridgehead atoms. The maximum Gasteiger partial charge on any atom is 0.306 e. The summed E-state index contributed by atoms with van der Waals surface area (Å²) in [5, 5.41) is 17.6. The zero-order valence-corrected chi connectivity index (χ0v) is 42.3. The molecule has 0 spiro atoms. The van der Waals surface area contributed by atoms with Gasteiger partial charge in [0.2, 0.25) is 35.4 Å². The van der Waals surface area contributed by atoms with Gasteiger partial charge in [-0.2, -0.15) is 0 Å². The lowest BCUT2D eigenvalue weighted by Crippen LogP contribution is -2.59. The van der Waals surface area contributed by atoms with E-state index < -0.39 is 77.3 Å². The monoisotopic (exact) mass is 971 g/mol. The van der Waals surface area contributed by atoms with Gasteiger partial charge in [-0.05, 0) is 86.2 Å². The average molecular weight is 971 g/mol. The Hall–Kier alpha value is -5.88. The number of hydrogen-bond donors (Lipinski definition) is 6. The van der Waals surface area contributed by atoms with Gasteiger partial charge < -0.3 is 51.2 Å². The van der Waals surface area contributed by atoms with Crippen molar-refractivity contribution in [2.45, 2.75) is 161 Å². The highest BCUT2D eigenvalue weighted by Crippen LogP contribution is 2.37. The van der Waals surface area contributed by atoms with Crippen LogP contribution in [-0.2, 0) is 60.7 Å². The lowest BCUT2D eigenvalue weighted by Gasteiger charge is -2.36. The Morgan fingerprint density at radius 3 is 1.49 bits per heavy atom. The Labute approximate surface area is 411 Å². The molecule has 0 saturated carbocycles. The molecule has 18 nitrogen and oxygen atoms in total. The Morgan fingerprint density at radius 2 is 1.07 bits per heavy atom. The molecule has 6 amide bonds. The summed E-state index contributed by atoms with van der Waals surface area (Å²) in [6, 6.07) is 9.88. The van der Waals surface area contributed by atoms with Gasteiger partial charge >= 0.3 is 11.9 Å². The summed E-state index contributed by atoms with van der Waals surface area (Å²) >= 11 is 0. The van der Waals surface area contributed by atoms with Crippen molar-refractivity contribution in [3.05, 3.63) is 70.8 Å². The maximum atomic E-state index is 14.1. The van der Waals surface area contributed by atoms with Crippen LogP contribution in [0.4, 0.5) is 0 Å². The molecule has 4 aliphatic rings. The molecule has 2 saturated heterocycles. The number of benzene rings is 2. The van der Waals surface area contributed by atoms with Gasteiger partial charge in [-0.25, -0.2) is 0 Å². The van der Waals surface area contributed by atoms with Gasteiger partial charge in [-0.1, -0.05) is 90.1 Å². The van der Waals surface area contributed by atoms with Gasteiger partial charge in [0.1, 0.15) is 36.4 Å². The highest BCUT2D eigenvalue weighted by Gasteiger charge is 2.46. The summed E-state index contributed by atoms with van der Waals surface area (Å²) in [6.45, 7) is 13.7. The van der Waals surface area contributed by atoms with Crippen molar-refractivity contribution in [3.63, 3.8) is 0 Å². The van der Waals surface area contributed by atoms with E-state index in [0.29, 0.717) is 51.6 Å². The summed E-state index contributed by atoms with van der Waals surface area (Å²) in [7, 11) is 3.31. The molecule has 70 heavy (non-hydrogen) atoms. The second-order valence-electron chi connectivity index (χ2n) is 21.3. The number of nitrogens with one attached hydrogen (secondary N) is 6. The Balaban J connectivity index is 1.05. The molecule has 2 aliphatic carbocycles. The van der Waals surface area contributed by atoms with Crippen LogP contribution in [0, 0.1) is 10.8 Å². The third-order valence-corrected chi connectivity index (χ3v) is 13.9. The van der Waals surface area contributed by atoms with Crippen LogP contribution in [0.1, 0.15) is 128 Å². The first-order chi connectivity index (χ1) is 33.1. The first-order valence-corrected chi connectivity index (χ1v) is 24.8. The molecule has 6 N–H and O–H groups in total. The highest BCUT2D eigenvalue weighted by molar-refractivity contribution is 5.95. The Kier molecular flexibility index (Phi) is 17.5. The summed E-state index contributed by atoms with van der Waals surface area (Å²) in [6.07, 6.45) is 1.26. The fraction of sp³-hybridized carbons (Fsp3) is 0.615. The minimum atomic E-state index is -0.871. The Morgan fingerprint density at radius 1 is 0.643 bits per heavy atom. The van der Waals surface area contributed by atoms with E-state index in [1.54, 1.807) is 25.9 Å². The van der Waals surface area contributed by atoms with E-state index in [-0.39, 0.29) is 61.3 Å². The predicted octanol–water partition coefficient (Wildman–Crippen LogP) is 2.68. The van der Waals surface area contributed by atoms with Gasteiger partial charge in [-0.3, -0.25) is 38.4 Å². The van der Waals surface area contributed by atoms with Crippen molar-refractivity contribution in [1.29, 1.82) is 0 Å². The van der Waals surface area contributed by atoms with Crippen molar-refractivity contribution < 1.29 is 47.8 Å². The maximum absolute atomic E-state index is 14.1. The van der Waals surface area contributed by atoms with Crippen molar-refractivity contribution in [3.8, 4) is 0 Å². The van der Waals surface area contributed by atoms with E-state index >= 15 is 0 Å². The van der Waals surface area contributed by atoms with Gasteiger partial charge in [0.15, 0.2) is 0 Å². The largest absolute Gasteiger partial charge is 0.459 e. The molecule has 0 radical (unpaired) electrons. The quantitative estimate of drug-likeness (QED) is 0.119. The average Bonchev–Trinajstić information content (AvgIpc) is 4.12. The number of carbonyl (C=O) groups excluding carboxylic acids is 8. The van der Waals surface area contributed by atoms with Gasteiger partial charge in [-0.15, -0.1) is 0 Å². The van der Waals surface area contributed by atoms with Crippen molar-refractivity contribution >= 4 is 47.4 Å². The minimum absolute atomic E-state index is 0.0412. The van der Waals surface area contributed by atoms with Gasteiger partial charge in [0, 0.05) is 38.8 Å². The van der Waals surface area contributed by atoms with E-state index in [0.717, 1.165) is 22.3 Å². The number of fused-ring (bicyclic) bond motifs is 2. The summed E-state index contributed by atoms with van der Waals surface area (Å²) < 4.78 is 12.0.